The average molecular weight is 600 g/mol. The third-order valence-electron chi connectivity index (χ3n) is 6.72. The van der Waals surface area contributed by atoms with Crippen molar-refractivity contribution in [3.63, 3.8) is 0 Å². The summed E-state index contributed by atoms with van der Waals surface area (Å²) in [5.41, 5.74) is -1.11. The number of rotatable bonds is 10. The molecule has 2 aliphatic rings. The summed E-state index contributed by atoms with van der Waals surface area (Å²) in [6.07, 6.45) is 9.84. The minimum Gasteiger partial charge on any atom is -0.459 e. The third-order valence-corrected chi connectivity index (χ3v) is 9.48. The first kappa shape index (κ1) is 29.7. The molecule has 2 saturated heterocycles. The molecule has 0 bridgehead atoms. The highest BCUT2D eigenvalue weighted by Gasteiger charge is 2.70. The minimum atomic E-state index is -4.32. The van der Waals surface area contributed by atoms with Crippen LogP contribution in [0.4, 0.5) is 5.69 Å². The molecule has 4 rings (SSSR count). The number of esters is 3. The number of carbonyl (C=O) groups excluding carboxylic acids is 4. The zero-order chi connectivity index (χ0) is 30.8. The number of ether oxygens (including phenoxy) is 3. The highest BCUT2D eigenvalue weighted by atomic mass is 32.2. The van der Waals surface area contributed by atoms with E-state index in [2.05, 4.69) is 22.2 Å². The quantitative estimate of drug-likeness (QED) is 0.0853. The first-order valence-corrected chi connectivity index (χ1v) is 13.5. The number of nitrogens with zero attached hydrogens (tertiary/aromatic N) is 5. The van der Waals surface area contributed by atoms with Gasteiger partial charge in [0.25, 0.3) is 5.69 Å². The maximum atomic E-state index is 13.7. The van der Waals surface area contributed by atoms with E-state index in [1.165, 1.54) is 31.2 Å². The van der Waals surface area contributed by atoms with Gasteiger partial charge in [0.05, 0.1) is 17.9 Å². The van der Waals surface area contributed by atoms with Gasteiger partial charge < -0.3 is 19.1 Å². The molecule has 1 aromatic heterocycles. The largest absolute Gasteiger partial charge is 0.459 e. The van der Waals surface area contributed by atoms with Crippen LogP contribution in [-0.2, 0) is 46.8 Å². The molecule has 42 heavy (non-hydrogen) atoms. The Morgan fingerprint density at radius 2 is 1.74 bits per heavy atom. The molecule has 3 atom stereocenters. The maximum Gasteiger partial charge on any atom is 0.362 e. The molecule has 0 unspecified atom stereocenters. The van der Waals surface area contributed by atoms with E-state index in [-0.39, 0.29) is 12.1 Å². The highest BCUT2D eigenvalue weighted by molar-refractivity contribution is 7.93. The molecule has 2 aliphatic heterocycles. The normalized spacial score (nSPS) is 21.7. The molecule has 0 spiro atoms. The number of amides is 1. The van der Waals surface area contributed by atoms with Gasteiger partial charge in [-0.25, -0.2) is 27.5 Å². The van der Waals surface area contributed by atoms with Crippen LogP contribution in [0.15, 0.2) is 24.3 Å². The molecular weight excluding hydrogens is 578 g/mol. The second kappa shape index (κ2) is 11.3. The van der Waals surface area contributed by atoms with Gasteiger partial charge in [0.1, 0.15) is 16.7 Å². The molecule has 0 aliphatic carbocycles. The number of nitro benzene ring substituents is 1. The zero-order valence-corrected chi connectivity index (χ0v) is 22.6. The Morgan fingerprint density at radius 1 is 1.12 bits per heavy atom. The van der Waals surface area contributed by atoms with E-state index in [1.807, 2.05) is 0 Å². The number of hydrogen-bond acceptors (Lipinski definition) is 13. The van der Waals surface area contributed by atoms with Crippen molar-refractivity contribution in [2.24, 2.45) is 0 Å². The molecule has 0 radical (unpaired) electrons. The van der Waals surface area contributed by atoms with Gasteiger partial charge in [-0.15, -0.1) is 17.9 Å². The van der Waals surface area contributed by atoms with Gasteiger partial charge >= 0.3 is 17.9 Å². The van der Waals surface area contributed by atoms with Gasteiger partial charge in [-0.05, 0) is 24.6 Å². The number of sulfone groups is 1. The van der Waals surface area contributed by atoms with Crippen LogP contribution >= 0.6 is 0 Å². The zero-order valence-electron chi connectivity index (χ0n) is 21.8. The second-order valence-corrected chi connectivity index (χ2v) is 11.8. The molecule has 0 saturated carbocycles. The topological polar surface area (TPSA) is 207 Å². The van der Waals surface area contributed by atoms with Crippen molar-refractivity contribution in [3.05, 3.63) is 51.3 Å². The fraction of sp³-hybridized carbons (Fsp3) is 0.360. The van der Waals surface area contributed by atoms with E-state index < -0.39 is 92.5 Å². The molecule has 218 valence electrons. The van der Waals surface area contributed by atoms with E-state index in [1.54, 1.807) is 0 Å². The monoisotopic (exact) mass is 599 g/mol. The van der Waals surface area contributed by atoms with E-state index in [0.717, 1.165) is 9.58 Å². The molecule has 2 aromatic rings. The maximum absolute atomic E-state index is 13.7. The number of aromatic nitrogens is 3. The summed E-state index contributed by atoms with van der Waals surface area (Å²) in [5.74, 6) is 0.0522. The molecular formula is C25H21N5O11S. The fourth-order valence-electron chi connectivity index (χ4n) is 4.63. The van der Waals surface area contributed by atoms with Gasteiger partial charge in [-0.3, -0.25) is 14.9 Å². The number of non-ortho nitro benzene ring substituents is 1. The Kier molecular flexibility index (Phi) is 7.99. The van der Waals surface area contributed by atoms with Crippen LogP contribution in [0, 0.1) is 34.8 Å². The van der Waals surface area contributed by atoms with Crippen molar-refractivity contribution in [1.82, 2.24) is 19.9 Å². The lowest BCUT2D eigenvalue weighted by atomic mass is 9.96. The molecule has 16 nitrogen and oxygen atoms in total. The van der Waals surface area contributed by atoms with Crippen molar-refractivity contribution in [3.8, 4) is 24.7 Å². The van der Waals surface area contributed by atoms with Crippen molar-refractivity contribution in [2.75, 3.05) is 13.2 Å². The third kappa shape index (κ3) is 5.01. The number of carbonyl (C=O) groups is 4. The number of hydrogen-bond donors (Lipinski definition) is 0. The summed E-state index contributed by atoms with van der Waals surface area (Å²) in [4.78, 5) is 62.4. The van der Waals surface area contributed by atoms with E-state index in [0.29, 0.717) is 5.56 Å². The average Bonchev–Trinajstić information content (AvgIpc) is 3.42. The van der Waals surface area contributed by atoms with E-state index in [4.69, 9.17) is 27.1 Å². The lowest BCUT2D eigenvalue weighted by Crippen LogP contribution is -2.58. The molecule has 1 aromatic carbocycles. The van der Waals surface area contributed by atoms with Crippen LogP contribution in [0.3, 0.4) is 0 Å². The highest BCUT2D eigenvalue weighted by Crippen LogP contribution is 2.47. The smallest absolute Gasteiger partial charge is 0.362 e. The van der Waals surface area contributed by atoms with Crippen LogP contribution in [0.25, 0.3) is 0 Å². The molecule has 17 heteroatoms. The van der Waals surface area contributed by atoms with Crippen molar-refractivity contribution in [2.45, 2.75) is 42.7 Å². The second-order valence-electron chi connectivity index (χ2n) is 9.26. The number of β-lactam (4-membered cyclic amide) rings is 1. The van der Waals surface area contributed by atoms with E-state index in [9.17, 15) is 37.7 Å². The van der Waals surface area contributed by atoms with Crippen molar-refractivity contribution in [1.29, 1.82) is 0 Å². The SMILES string of the molecule is C#CCOC(=O)c1nnn(C[C@@]2(C)[C@H](C(=O)OCc3ccc([N+](=O)[O-])cc3)N3C(=O)C[C@@H]3S2(=O)=O)c1C(=O)OCC#C. The summed E-state index contributed by atoms with van der Waals surface area (Å²) in [6.45, 7) is -0.962. The van der Waals surface area contributed by atoms with Crippen LogP contribution in [0.2, 0.25) is 0 Å². The Bertz CT molecular complexity index is 1670. The summed E-state index contributed by atoms with van der Waals surface area (Å²) in [6, 6.07) is 3.39. The lowest BCUT2D eigenvalue weighted by Gasteiger charge is -2.36. The predicted octanol–water partition coefficient (Wildman–Crippen LogP) is -0.376. The Balaban J connectivity index is 1.69. The molecule has 3 heterocycles. The Morgan fingerprint density at radius 3 is 2.31 bits per heavy atom. The summed E-state index contributed by atoms with van der Waals surface area (Å²) >= 11 is 0. The van der Waals surface area contributed by atoms with Crippen LogP contribution < -0.4 is 0 Å². The predicted molar refractivity (Wildman–Crippen MR) is 138 cm³/mol. The van der Waals surface area contributed by atoms with Crippen molar-refractivity contribution < 1.29 is 46.7 Å². The van der Waals surface area contributed by atoms with Gasteiger partial charge in [-0.2, -0.15) is 0 Å². The van der Waals surface area contributed by atoms with Gasteiger partial charge in [0.15, 0.2) is 34.8 Å². The summed E-state index contributed by atoms with van der Waals surface area (Å²) in [7, 11) is -4.32. The summed E-state index contributed by atoms with van der Waals surface area (Å²) < 4.78 is 41.0. The first-order valence-electron chi connectivity index (χ1n) is 12.0. The first-order chi connectivity index (χ1) is 19.9. The van der Waals surface area contributed by atoms with Gasteiger partial charge in [0.2, 0.25) is 11.6 Å². The lowest BCUT2D eigenvalue weighted by molar-refractivity contribution is -0.384. The minimum absolute atomic E-state index is 0.194. The Labute approximate surface area is 237 Å². The van der Waals surface area contributed by atoms with E-state index >= 15 is 0 Å². The number of nitro groups is 1. The summed E-state index contributed by atoms with van der Waals surface area (Å²) in [5, 5.41) is 16.9. The number of terminal acetylenes is 2. The fourth-order valence-corrected chi connectivity index (χ4v) is 6.97. The molecule has 1 amide bonds. The van der Waals surface area contributed by atoms with Crippen LogP contribution in [0.5, 0.6) is 0 Å². The van der Waals surface area contributed by atoms with Gasteiger partial charge in [0, 0.05) is 12.1 Å². The van der Waals surface area contributed by atoms with Crippen LogP contribution in [0.1, 0.15) is 39.9 Å². The Hall–Kier alpha value is -5.29. The molecule has 0 N–H and O–H groups in total. The van der Waals surface area contributed by atoms with Gasteiger partial charge in [-0.1, -0.05) is 17.1 Å². The molecule has 2 fully saturated rings. The number of fused-ring (bicyclic) bond motifs is 1. The van der Waals surface area contributed by atoms with Crippen LogP contribution in [-0.4, -0.2) is 86.4 Å². The number of benzene rings is 1. The van der Waals surface area contributed by atoms with Crippen molar-refractivity contribution >= 4 is 39.3 Å². The standard InChI is InChI=1S/C25H21N5O11S/c1-4-10-39-22(32)19-20(23(33)40-11-5-2)28(27-26-19)14-25(3)21(29-17(31)12-18(29)42(25,37)38)24(34)41-13-15-6-8-16(9-7-15)30(35)36/h1-2,6-9,18,21H,10-14H2,3H3/t18-,21-,25-/m0/s1.